The molecule has 2 aromatic rings. The van der Waals surface area contributed by atoms with Gasteiger partial charge in [-0.15, -0.1) is 11.3 Å². The van der Waals surface area contributed by atoms with E-state index in [0.29, 0.717) is 5.92 Å². The fourth-order valence-electron chi connectivity index (χ4n) is 2.69. The molecule has 0 unspecified atom stereocenters. The molecule has 3 rings (SSSR count). The van der Waals surface area contributed by atoms with Gasteiger partial charge >= 0.3 is 0 Å². The highest BCUT2D eigenvalue weighted by molar-refractivity contribution is 7.18. The van der Waals surface area contributed by atoms with Crippen LogP contribution in [0.4, 0.5) is 5.82 Å². The smallest absolute Gasteiger partial charge is 0.147 e. The number of aliphatic hydroxyl groups excluding tert-OH is 1. The molecule has 1 aliphatic carbocycles. The van der Waals surface area contributed by atoms with Crippen molar-refractivity contribution in [2.45, 2.75) is 38.7 Å². The number of nitrogens with one attached hydrogen (secondary N) is 1. The number of nitrogens with zero attached hydrogens (tertiary/aromatic N) is 2. The van der Waals surface area contributed by atoms with Crippen LogP contribution in [0.5, 0.6) is 0 Å². The summed E-state index contributed by atoms with van der Waals surface area (Å²) in [5.74, 6) is 1.60. The Morgan fingerprint density at radius 3 is 2.89 bits per heavy atom. The summed E-state index contributed by atoms with van der Waals surface area (Å²) >= 11 is 1.70. The number of aliphatic hydroxyl groups is 1. The van der Waals surface area contributed by atoms with Crippen molar-refractivity contribution in [3.8, 4) is 0 Å². The number of aromatic nitrogens is 2. The first-order chi connectivity index (χ1) is 9.24. The SMILES string of the molecule is Cc1csc2c(NCC3CCC(O)CC3)ncnc12. The third kappa shape index (κ3) is 2.72. The molecule has 2 heterocycles. The van der Waals surface area contributed by atoms with E-state index >= 15 is 0 Å². The molecule has 0 aliphatic heterocycles. The van der Waals surface area contributed by atoms with Crippen LogP contribution >= 0.6 is 11.3 Å². The zero-order valence-corrected chi connectivity index (χ0v) is 11.9. The molecule has 1 aliphatic rings. The minimum atomic E-state index is -0.0815. The van der Waals surface area contributed by atoms with Gasteiger partial charge in [0.15, 0.2) is 0 Å². The van der Waals surface area contributed by atoms with Crippen LogP contribution in [0.3, 0.4) is 0 Å². The zero-order valence-electron chi connectivity index (χ0n) is 11.1. The fraction of sp³-hybridized carbons (Fsp3) is 0.571. The van der Waals surface area contributed by atoms with Crippen molar-refractivity contribution in [2.24, 2.45) is 5.92 Å². The summed E-state index contributed by atoms with van der Waals surface area (Å²) in [4.78, 5) is 8.69. The first-order valence-electron chi connectivity index (χ1n) is 6.85. The zero-order chi connectivity index (χ0) is 13.2. The van der Waals surface area contributed by atoms with Gasteiger partial charge in [0.05, 0.1) is 16.3 Å². The van der Waals surface area contributed by atoms with E-state index in [1.807, 2.05) is 0 Å². The molecule has 2 N–H and O–H groups in total. The van der Waals surface area contributed by atoms with Gasteiger partial charge in [0.2, 0.25) is 0 Å². The second-order valence-electron chi connectivity index (χ2n) is 5.37. The molecule has 0 amide bonds. The van der Waals surface area contributed by atoms with E-state index in [-0.39, 0.29) is 6.10 Å². The number of rotatable bonds is 3. The Hall–Kier alpha value is -1.20. The second kappa shape index (κ2) is 5.43. The van der Waals surface area contributed by atoms with Crippen molar-refractivity contribution in [2.75, 3.05) is 11.9 Å². The Bertz CT molecular complexity index is 561. The molecule has 0 atom stereocenters. The highest BCUT2D eigenvalue weighted by atomic mass is 32.1. The van der Waals surface area contributed by atoms with Crippen LogP contribution in [-0.2, 0) is 0 Å². The number of hydrogen-bond donors (Lipinski definition) is 2. The quantitative estimate of drug-likeness (QED) is 0.905. The van der Waals surface area contributed by atoms with E-state index in [1.54, 1.807) is 17.7 Å². The molecule has 102 valence electrons. The molecular formula is C14H19N3OS. The van der Waals surface area contributed by atoms with Crippen LogP contribution in [-0.4, -0.2) is 27.7 Å². The number of aryl methyl sites for hydroxylation is 1. The van der Waals surface area contributed by atoms with Gasteiger partial charge in [-0.2, -0.15) is 0 Å². The lowest BCUT2D eigenvalue weighted by Crippen LogP contribution is -2.23. The fourth-order valence-corrected chi connectivity index (χ4v) is 3.65. The van der Waals surface area contributed by atoms with Crippen LogP contribution in [0.1, 0.15) is 31.2 Å². The van der Waals surface area contributed by atoms with Crippen molar-refractivity contribution in [3.63, 3.8) is 0 Å². The van der Waals surface area contributed by atoms with E-state index in [1.165, 1.54) is 5.56 Å². The van der Waals surface area contributed by atoms with Crippen LogP contribution in [0.2, 0.25) is 0 Å². The molecule has 0 bridgehead atoms. The second-order valence-corrected chi connectivity index (χ2v) is 6.25. The summed E-state index contributed by atoms with van der Waals surface area (Å²) < 4.78 is 1.15. The van der Waals surface area contributed by atoms with Crippen LogP contribution in [0.25, 0.3) is 10.2 Å². The Labute approximate surface area is 116 Å². The third-order valence-corrected chi connectivity index (χ3v) is 5.00. The van der Waals surface area contributed by atoms with Crippen molar-refractivity contribution >= 4 is 27.4 Å². The third-order valence-electron chi connectivity index (χ3n) is 3.91. The van der Waals surface area contributed by atoms with Gasteiger partial charge in [0.1, 0.15) is 12.1 Å². The van der Waals surface area contributed by atoms with E-state index in [9.17, 15) is 5.11 Å². The molecule has 1 fully saturated rings. The van der Waals surface area contributed by atoms with Gasteiger partial charge in [-0.05, 0) is 49.5 Å². The Morgan fingerprint density at radius 1 is 1.32 bits per heavy atom. The van der Waals surface area contributed by atoms with Crippen LogP contribution in [0.15, 0.2) is 11.7 Å². The Kier molecular flexibility index (Phi) is 3.66. The van der Waals surface area contributed by atoms with E-state index < -0.39 is 0 Å². The molecule has 0 saturated heterocycles. The molecular weight excluding hydrogens is 258 g/mol. The first-order valence-corrected chi connectivity index (χ1v) is 7.72. The van der Waals surface area contributed by atoms with Gasteiger partial charge in [-0.3, -0.25) is 0 Å². The Balaban J connectivity index is 1.68. The summed E-state index contributed by atoms with van der Waals surface area (Å²) in [7, 11) is 0. The number of thiophene rings is 1. The molecule has 5 heteroatoms. The average Bonchev–Trinajstić information content (AvgIpc) is 2.81. The molecule has 2 aromatic heterocycles. The van der Waals surface area contributed by atoms with Gasteiger partial charge in [0, 0.05) is 6.54 Å². The molecule has 1 saturated carbocycles. The molecule has 19 heavy (non-hydrogen) atoms. The lowest BCUT2D eigenvalue weighted by molar-refractivity contribution is 0.111. The standard InChI is InChI=1S/C14H19N3OS/c1-9-7-19-13-12(9)16-8-17-14(13)15-6-10-2-4-11(18)5-3-10/h7-8,10-11,18H,2-6H2,1H3,(H,15,16,17). The van der Waals surface area contributed by atoms with Gasteiger partial charge in [-0.1, -0.05) is 0 Å². The van der Waals surface area contributed by atoms with Gasteiger partial charge < -0.3 is 10.4 Å². The average molecular weight is 277 g/mol. The van der Waals surface area contributed by atoms with Gasteiger partial charge in [-0.25, -0.2) is 9.97 Å². The van der Waals surface area contributed by atoms with Crippen molar-refractivity contribution in [3.05, 3.63) is 17.3 Å². The predicted octanol–water partition coefficient (Wildman–Crippen LogP) is 2.96. The van der Waals surface area contributed by atoms with Crippen molar-refractivity contribution in [1.29, 1.82) is 0 Å². The predicted molar refractivity (Wildman–Crippen MR) is 78.6 cm³/mol. The van der Waals surface area contributed by atoms with Crippen molar-refractivity contribution in [1.82, 2.24) is 9.97 Å². The van der Waals surface area contributed by atoms with Crippen LogP contribution < -0.4 is 5.32 Å². The molecule has 0 radical (unpaired) electrons. The highest BCUT2D eigenvalue weighted by Crippen LogP contribution is 2.29. The summed E-state index contributed by atoms with van der Waals surface area (Å²) in [6.45, 7) is 3.02. The number of fused-ring (bicyclic) bond motifs is 1. The van der Waals surface area contributed by atoms with E-state index in [2.05, 4.69) is 27.6 Å². The molecule has 4 nitrogen and oxygen atoms in total. The monoisotopic (exact) mass is 277 g/mol. The number of anilines is 1. The topological polar surface area (TPSA) is 58.0 Å². The first kappa shape index (κ1) is 12.8. The molecule has 0 aromatic carbocycles. The number of hydrogen-bond acceptors (Lipinski definition) is 5. The maximum Gasteiger partial charge on any atom is 0.147 e. The van der Waals surface area contributed by atoms with Crippen molar-refractivity contribution < 1.29 is 5.11 Å². The Morgan fingerprint density at radius 2 is 2.11 bits per heavy atom. The summed E-state index contributed by atoms with van der Waals surface area (Å²) in [5, 5.41) is 15.1. The highest BCUT2D eigenvalue weighted by Gasteiger charge is 2.19. The normalized spacial score (nSPS) is 23.7. The van der Waals surface area contributed by atoms with Crippen LogP contribution in [0, 0.1) is 12.8 Å². The maximum atomic E-state index is 9.52. The van der Waals surface area contributed by atoms with Gasteiger partial charge in [0.25, 0.3) is 0 Å². The summed E-state index contributed by atoms with van der Waals surface area (Å²) in [5.41, 5.74) is 2.27. The summed E-state index contributed by atoms with van der Waals surface area (Å²) in [6.07, 6.45) is 5.63. The summed E-state index contributed by atoms with van der Waals surface area (Å²) in [6, 6.07) is 0. The maximum absolute atomic E-state index is 9.52. The van der Waals surface area contributed by atoms with E-state index in [0.717, 1.165) is 48.3 Å². The largest absolute Gasteiger partial charge is 0.393 e. The lowest BCUT2D eigenvalue weighted by atomic mass is 9.87. The van der Waals surface area contributed by atoms with E-state index in [4.69, 9.17) is 0 Å². The minimum absolute atomic E-state index is 0.0815. The molecule has 0 spiro atoms. The minimum Gasteiger partial charge on any atom is -0.393 e. The lowest BCUT2D eigenvalue weighted by Gasteiger charge is -2.25.